The van der Waals surface area contributed by atoms with Crippen LogP contribution in [0.15, 0.2) is 48.5 Å². The van der Waals surface area contributed by atoms with E-state index < -0.39 is 12.1 Å². The average molecular weight is 467 g/mol. The van der Waals surface area contributed by atoms with Gasteiger partial charge in [0.25, 0.3) is 0 Å². The quantitative estimate of drug-likeness (QED) is 0.572. The molecule has 0 spiro atoms. The Balaban J connectivity index is 1.60. The lowest BCUT2D eigenvalue weighted by Gasteiger charge is -2.35. The number of carbonyl (C=O) groups excluding carboxylic acids is 2. The van der Waals surface area contributed by atoms with Crippen molar-refractivity contribution < 1.29 is 14.3 Å². The zero-order valence-electron chi connectivity index (χ0n) is 20.8. The Morgan fingerprint density at radius 3 is 2.35 bits per heavy atom. The lowest BCUT2D eigenvalue weighted by molar-refractivity contribution is -0.119. The molecule has 184 valence electrons. The zero-order valence-corrected chi connectivity index (χ0v) is 20.8. The second kappa shape index (κ2) is 12.4. The molecule has 2 unspecified atom stereocenters. The third-order valence-electron chi connectivity index (χ3n) is 6.63. The normalized spacial score (nSPS) is 15.9. The minimum Gasteiger partial charge on any atom is -0.445 e. The molecule has 0 aliphatic carbocycles. The van der Waals surface area contributed by atoms with E-state index in [0.29, 0.717) is 0 Å². The molecule has 0 saturated carbocycles. The van der Waals surface area contributed by atoms with Crippen molar-refractivity contribution in [2.75, 3.05) is 42.9 Å². The number of anilines is 2. The van der Waals surface area contributed by atoms with Crippen LogP contribution >= 0.6 is 0 Å². The molecule has 7 nitrogen and oxygen atoms in total. The van der Waals surface area contributed by atoms with Crippen LogP contribution in [0, 0.1) is 12.8 Å². The molecule has 2 aromatic carbocycles. The molecule has 1 fully saturated rings. The Morgan fingerprint density at radius 2 is 1.74 bits per heavy atom. The van der Waals surface area contributed by atoms with E-state index in [1.165, 1.54) is 5.69 Å². The second-order valence-electron chi connectivity index (χ2n) is 8.98. The summed E-state index contributed by atoms with van der Waals surface area (Å²) < 4.78 is 5.34. The van der Waals surface area contributed by atoms with Gasteiger partial charge in [0.05, 0.1) is 0 Å². The maximum Gasteiger partial charge on any atom is 0.408 e. The number of hydrogen-bond donors (Lipinski definition) is 2. The largest absolute Gasteiger partial charge is 0.445 e. The van der Waals surface area contributed by atoms with Crippen molar-refractivity contribution in [1.29, 1.82) is 0 Å². The van der Waals surface area contributed by atoms with Crippen molar-refractivity contribution in [3.63, 3.8) is 0 Å². The fraction of sp³-hybridized carbons (Fsp3) is 0.481. The number of rotatable bonds is 9. The van der Waals surface area contributed by atoms with E-state index in [9.17, 15) is 9.59 Å². The first-order valence-corrected chi connectivity index (χ1v) is 12.3. The van der Waals surface area contributed by atoms with Crippen molar-refractivity contribution in [3.05, 3.63) is 59.7 Å². The average Bonchev–Trinajstić information content (AvgIpc) is 2.87. The van der Waals surface area contributed by atoms with Gasteiger partial charge in [-0.25, -0.2) is 4.79 Å². The Morgan fingerprint density at radius 1 is 1.03 bits per heavy atom. The molecular formula is C27H38N4O3. The number of nitrogens with zero attached hydrogens (tertiary/aromatic N) is 2. The molecule has 2 amide bonds. The molecule has 0 aromatic heterocycles. The van der Waals surface area contributed by atoms with Crippen molar-refractivity contribution in [3.8, 4) is 0 Å². The first-order valence-electron chi connectivity index (χ1n) is 12.3. The smallest absolute Gasteiger partial charge is 0.408 e. The third kappa shape index (κ3) is 6.97. The number of nitrogens with one attached hydrogen (secondary N) is 2. The SMILES string of the molecule is CCC(C)C(NC(=O)OCc1ccccc1)C(=O)Nc1ccc(N2CCN(CC)CC2)cc1C. The van der Waals surface area contributed by atoms with Gasteiger partial charge >= 0.3 is 6.09 Å². The molecule has 0 bridgehead atoms. The van der Waals surface area contributed by atoms with E-state index in [1.807, 2.05) is 57.2 Å². The number of piperazine rings is 1. The maximum absolute atomic E-state index is 13.1. The van der Waals surface area contributed by atoms with E-state index in [2.05, 4.69) is 39.5 Å². The van der Waals surface area contributed by atoms with Gasteiger partial charge in [-0.2, -0.15) is 0 Å². The Hall–Kier alpha value is -3.06. The molecule has 2 atom stereocenters. The van der Waals surface area contributed by atoms with Crippen LogP contribution in [0.2, 0.25) is 0 Å². The summed E-state index contributed by atoms with van der Waals surface area (Å²) in [7, 11) is 0. The molecule has 2 aromatic rings. The minimum absolute atomic E-state index is 0.0429. The molecule has 0 radical (unpaired) electrons. The number of alkyl carbamates (subject to hydrolysis) is 1. The zero-order chi connectivity index (χ0) is 24.5. The standard InChI is InChI=1S/C27H38N4O3/c1-5-20(3)25(29-27(33)34-19-22-10-8-7-9-11-22)26(32)28-24-13-12-23(18-21(24)4)31-16-14-30(6-2)15-17-31/h7-13,18,20,25H,5-6,14-17,19H2,1-4H3,(H,28,32)(H,29,33). The molecule has 1 heterocycles. The van der Waals surface area contributed by atoms with Gasteiger partial charge in [-0.3, -0.25) is 4.79 Å². The first-order chi connectivity index (χ1) is 16.4. The van der Waals surface area contributed by atoms with Crippen LogP contribution in [0.5, 0.6) is 0 Å². The van der Waals surface area contributed by atoms with Gasteiger partial charge in [0.1, 0.15) is 12.6 Å². The maximum atomic E-state index is 13.1. The van der Waals surface area contributed by atoms with E-state index in [0.717, 1.165) is 56.0 Å². The summed E-state index contributed by atoms with van der Waals surface area (Å²) in [6.45, 7) is 13.5. The predicted molar refractivity (Wildman–Crippen MR) is 137 cm³/mol. The summed E-state index contributed by atoms with van der Waals surface area (Å²) >= 11 is 0. The van der Waals surface area contributed by atoms with E-state index >= 15 is 0 Å². The number of carbonyl (C=O) groups is 2. The molecule has 34 heavy (non-hydrogen) atoms. The monoisotopic (exact) mass is 466 g/mol. The van der Waals surface area contributed by atoms with Crippen molar-refractivity contribution in [2.45, 2.75) is 46.8 Å². The molecule has 1 aliphatic rings. The minimum atomic E-state index is -0.686. The molecule has 7 heteroatoms. The van der Waals surface area contributed by atoms with Gasteiger partial charge in [0.2, 0.25) is 5.91 Å². The van der Waals surface area contributed by atoms with Crippen molar-refractivity contribution in [2.24, 2.45) is 5.92 Å². The molecule has 1 saturated heterocycles. The Bertz CT molecular complexity index is 942. The van der Waals surface area contributed by atoms with Crippen LogP contribution < -0.4 is 15.5 Å². The number of benzene rings is 2. The molecular weight excluding hydrogens is 428 g/mol. The van der Waals surface area contributed by atoms with Gasteiger partial charge < -0.3 is 25.2 Å². The number of amides is 2. The number of likely N-dealkylation sites (N-methyl/N-ethyl adjacent to an activating group) is 1. The Labute approximate surface area is 203 Å². The van der Waals surface area contributed by atoms with Gasteiger partial charge in [-0.05, 0) is 48.7 Å². The predicted octanol–water partition coefficient (Wildman–Crippen LogP) is 4.42. The summed E-state index contributed by atoms with van der Waals surface area (Å²) in [6.07, 6.45) is 0.154. The highest BCUT2D eigenvalue weighted by Gasteiger charge is 2.27. The molecule has 3 rings (SSSR count). The van der Waals surface area contributed by atoms with Crippen LogP contribution in [-0.2, 0) is 16.1 Å². The Kier molecular flexibility index (Phi) is 9.33. The van der Waals surface area contributed by atoms with Crippen molar-refractivity contribution in [1.82, 2.24) is 10.2 Å². The summed E-state index contributed by atoms with van der Waals surface area (Å²) in [4.78, 5) is 30.4. The number of ether oxygens (including phenoxy) is 1. The van der Waals surface area contributed by atoms with Crippen LogP contribution in [-0.4, -0.2) is 55.7 Å². The summed E-state index contributed by atoms with van der Waals surface area (Å²) in [5.74, 6) is -0.280. The van der Waals surface area contributed by atoms with Crippen LogP contribution in [0.4, 0.5) is 16.2 Å². The lowest BCUT2D eigenvalue weighted by Crippen LogP contribution is -2.48. The fourth-order valence-corrected chi connectivity index (χ4v) is 4.11. The third-order valence-corrected chi connectivity index (χ3v) is 6.63. The van der Waals surface area contributed by atoms with E-state index in [1.54, 1.807) is 0 Å². The number of hydrogen-bond acceptors (Lipinski definition) is 5. The van der Waals surface area contributed by atoms with Crippen LogP contribution in [0.3, 0.4) is 0 Å². The van der Waals surface area contributed by atoms with Gasteiger partial charge in [-0.15, -0.1) is 0 Å². The highest BCUT2D eigenvalue weighted by Crippen LogP contribution is 2.24. The van der Waals surface area contributed by atoms with E-state index in [4.69, 9.17) is 4.74 Å². The topological polar surface area (TPSA) is 73.9 Å². The summed E-state index contributed by atoms with van der Waals surface area (Å²) in [5, 5.41) is 5.78. The summed E-state index contributed by atoms with van der Waals surface area (Å²) in [5.41, 5.74) is 3.83. The van der Waals surface area contributed by atoms with Crippen molar-refractivity contribution >= 4 is 23.4 Å². The van der Waals surface area contributed by atoms with Gasteiger partial charge in [-0.1, -0.05) is 57.5 Å². The molecule has 1 aliphatic heterocycles. The highest BCUT2D eigenvalue weighted by atomic mass is 16.5. The summed E-state index contributed by atoms with van der Waals surface area (Å²) in [6, 6.07) is 14.9. The lowest BCUT2D eigenvalue weighted by atomic mass is 9.98. The van der Waals surface area contributed by atoms with Crippen LogP contribution in [0.1, 0.15) is 38.3 Å². The van der Waals surface area contributed by atoms with E-state index in [-0.39, 0.29) is 18.4 Å². The number of aryl methyl sites for hydroxylation is 1. The fourth-order valence-electron chi connectivity index (χ4n) is 4.11. The van der Waals surface area contributed by atoms with Gasteiger partial charge in [0.15, 0.2) is 0 Å². The molecule has 2 N–H and O–H groups in total. The van der Waals surface area contributed by atoms with Crippen LogP contribution in [0.25, 0.3) is 0 Å². The second-order valence-corrected chi connectivity index (χ2v) is 8.98. The highest BCUT2D eigenvalue weighted by molar-refractivity contribution is 5.97. The van der Waals surface area contributed by atoms with Gasteiger partial charge in [0, 0.05) is 37.6 Å². The first kappa shape index (κ1) is 25.6.